The number of hydrogen-bond acceptors (Lipinski definition) is 3. The molecule has 0 spiro atoms. The molecule has 1 saturated carbocycles. The number of pyridine rings is 1. The molecule has 0 bridgehead atoms. The summed E-state index contributed by atoms with van der Waals surface area (Å²) in [5.74, 6) is 0.287. The van der Waals surface area contributed by atoms with Gasteiger partial charge in [0.05, 0.1) is 5.56 Å². The van der Waals surface area contributed by atoms with Crippen LogP contribution in [0, 0.1) is 5.92 Å². The summed E-state index contributed by atoms with van der Waals surface area (Å²) in [6.07, 6.45) is -1.22. The van der Waals surface area contributed by atoms with Crippen molar-refractivity contribution in [3.63, 3.8) is 0 Å². The number of aromatic nitrogens is 1. The molecule has 1 heterocycles. The van der Waals surface area contributed by atoms with Gasteiger partial charge in [0.25, 0.3) is 0 Å². The third-order valence-electron chi connectivity index (χ3n) is 4.08. The lowest BCUT2D eigenvalue weighted by Crippen LogP contribution is -2.15. The Balaban J connectivity index is 1.91. The van der Waals surface area contributed by atoms with Crippen LogP contribution in [0.4, 0.5) is 19.0 Å². The van der Waals surface area contributed by atoms with Crippen molar-refractivity contribution in [3.05, 3.63) is 47.7 Å². The van der Waals surface area contributed by atoms with Gasteiger partial charge in [-0.2, -0.15) is 13.2 Å². The van der Waals surface area contributed by atoms with Gasteiger partial charge in [-0.05, 0) is 54.8 Å². The smallest absolute Gasteiger partial charge is 0.316 e. The highest BCUT2D eigenvalue weighted by atomic mass is 19.4. The van der Waals surface area contributed by atoms with Crippen LogP contribution in [-0.4, -0.2) is 17.9 Å². The van der Waals surface area contributed by atoms with Crippen LogP contribution in [0.1, 0.15) is 24.0 Å². The van der Waals surface area contributed by atoms with Gasteiger partial charge in [-0.1, -0.05) is 12.1 Å². The lowest BCUT2D eigenvalue weighted by atomic mass is 9.99. The second kappa shape index (κ2) is 6.84. The summed E-state index contributed by atoms with van der Waals surface area (Å²) in [5.41, 5.74) is 0.522. The maximum Gasteiger partial charge on any atom is 0.416 e. The number of amides is 1. The number of rotatable bonds is 5. The Bertz CT molecular complexity index is 785. The molecule has 0 saturated heterocycles. The first-order chi connectivity index (χ1) is 11.9. The van der Waals surface area contributed by atoms with Crippen LogP contribution in [0.2, 0.25) is 0 Å². The fourth-order valence-electron chi connectivity index (χ4n) is 2.62. The predicted molar refractivity (Wildman–Crippen MR) is 88.8 cm³/mol. The van der Waals surface area contributed by atoms with Crippen LogP contribution < -0.4 is 10.6 Å². The molecule has 3 rings (SSSR count). The highest BCUT2D eigenvalue weighted by molar-refractivity contribution is 5.93. The third kappa shape index (κ3) is 4.17. The minimum atomic E-state index is -4.43. The Morgan fingerprint density at radius 3 is 2.56 bits per heavy atom. The maximum absolute atomic E-state index is 13.3. The van der Waals surface area contributed by atoms with Crippen LogP contribution in [0.25, 0.3) is 11.1 Å². The predicted octanol–water partition coefficient (Wildman–Crippen LogP) is 3.84. The van der Waals surface area contributed by atoms with E-state index in [-0.39, 0.29) is 23.9 Å². The topological polar surface area (TPSA) is 54.0 Å². The molecule has 1 fully saturated rings. The molecule has 0 aliphatic heterocycles. The van der Waals surface area contributed by atoms with E-state index in [4.69, 9.17) is 0 Å². The van der Waals surface area contributed by atoms with E-state index in [1.807, 2.05) is 0 Å². The Morgan fingerprint density at radius 1 is 1.20 bits per heavy atom. The number of hydrogen-bond donors (Lipinski definition) is 2. The van der Waals surface area contributed by atoms with E-state index in [1.165, 1.54) is 12.3 Å². The van der Waals surface area contributed by atoms with Crippen LogP contribution in [0.5, 0.6) is 0 Å². The molecule has 2 N–H and O–H groups in total. The zero-order chi connectivity index (χ0) is 18.0. The second-order valence-electron chi connectivity index (χ2n) is 6.09. The largest absolute Gasteiger partial charge is 0.416 e. The lowest BCUT2D eigenvalue weighted by Gasteiger charge is -2.15. The Labute approximate surface area is 143 Å². The summed E-state index contributed by atoms with van der Waals surface area (Å²) in [7, 11) is 1.60. The number of benzene rings is 1. The summed E-state index contributed by atoms with van der Waals surface area (Å²) in [5, 5.41) is 5.45. The monoisotopic (exact) mass is 349 g/mol. The first-order valence-electron chi connectivity index (χ1n) is 8.00. The molecule has 132 valence electrons. The SMILES string of the molecule is CNCc1ccc(-c2ccnc(NC(=O)C3CC3)c2)cc1C(F)(F)F. The van der Waals surface area contributed by atoms with Crippen molar-refractivity contribution >= 4 is 11.7 Å². The number of halogens is 3. The normalized spacial score (nSPS) is 14.4. The summed E-state index contributed by atoms with van der Waals surface area (Å²) >= 11 is 0. The molecule has 0 atom stereocenters. The van der Waals surface area contributed by atoms with Crippen molar-refractivity contribution in [3.8, 4) is 11.1 Å². The van der Waals surface area contributed by atoms with Crippen molar-refractivity contribution in [1.29, 1.82) is 0 Å². The number of alkyl halides is 3. The Hall–Kier alpha value is -2.41. The first kappa shape index (κ1) is 17.4. The number of anilines is 1. The Morgan fingerprint density at radius 2 is 1.92 bits per heavy atom. The molecule has 4 nitrogen and oxygen atoms in total. The van der Waals surface area contributed by atoms with E-state index in [1.54, 1.807) is 25.2 Å². The zero-order valence-corrected chi connectivity index (χ0v) is 13.7. The minimum absolute atomic E-state index is 0.0307. The molecule has 1 aliphatic carbocycles. The van der Waals surface area contributed by atoms with Crippen molar-refractivity contribution in [1.82, 2.24) is 10.3 Å². The Kier molecular flexibility index (Phi) is 4.76. The number of carbonyl (C=O) groups is 1. The van der Waals surface area contributed by atoms with Gasteiger partial charge in [-0.3, -0.25) is 4.79 Å². The number of carbonyl (C=O) groups excluding carboxylic acids is 1. The summed E-state index contributed by atoms with van der Waals surface area (Å²) in [6.45, 7) is 0.133. The average molecular weight is 349 g/mol. The van der Waals surface area contributed by atoms with Gasteiger partial charge in [-0.15, -0.1) is 0 Å². The molecular formula is C18H18F3N3O. The maximum atomic E-state index is 13.3. The van der Waals surface area contributed by atoms with Crippen LogP contribution in [0.3, 0.4) is 0 Å². The third-order valence-corrected chi connectivity index (χ3v) is 4.08. The molecule has 2 aromatic rings. The van der Waals surface area contributed by atoms with Crippen LogP contribution >= 0.6 is 0 Å². The van der Waals surface area contributed by atoms with E-state index in [0.29, 0.717) is 16.9 Å². The average Bonchev–Trinajstić information content (AvgIpc) is 3.40. The van der Waals surface area contributed by atoms with E-state index < -0.39 is 11.7 Å². The fourth-order valence-corrected chi connectivity index (χ4v) is 2.62. The fraction of sp³-hybridized carbons (Fsp3) is 0.333. The zero-order valence-electron chi connectivity index (χ0n) is 13.7. The lowest BCUT2D eigenvalue weighted by molar-refractivity contribution is -0.138. The first-order valence-corrected chi connectivity index (χ1v) is 8.00. The van der Waals surface area contributed by atoms with Gasteiger partial charge >= 0.3 is 6.18 Å². The number of nitrogens with one attached hydrogen (secondary N) is 2. The summed E-state index contributed by atoms with van der Waals surface area (Å²) in [6, 6.07) is 7.46. The highest BCUT2D eigenvalue weighted by Gasteiger charge is 2.33. The van der Waals surface area contributed by atoms with Gasteiger partial charge in [0.2, 0.25) is 5.91 Å². The van der Waals surface area contributed by atoms with E-state index in [9.17, 15) is 18.0 Å². The molecular weight excluding hydrogens is 331 g/mol. The van der Waals surface area contributed by atoms with Gasteiger partial charge in [0.1, 0.15) is 5.82 Å². The molecule has 1 aromatic heterocycles. The summed E-state index contributed by atoms with van der Waals surface area (Å²) < 4.78 is 40.0. The van der Waals surface area contributed by atoms with Crippen molar-refractivity contribution < 1.29 is 18.0 Å². The van der Waals surface area contributed by atoms with E-state index in [2.05, 4.69) is 15.6 Å². The molecule has 1 amide bonds. The minimum Gasteiger partial charge on any atom is -0.316 e. The van der Waals surface area contributed by atoms with Crippen molar-refractivity contribution in [2.45, 2.75) is 25.6 Å². The highest BCUT2D eigenvalue weighted by Crippen LogP contribution is 2.35. The molecule has 1 aliphatic rings. The van der Waals surface area contributed by atoms with Gasteiger partial charge < -0.3 is 10.6 Å². The molecule has 7 heteroatoms. The van der Waals surface area contributed by atoms with Gasteiger partial charge in [0, 0.05) is 18.7 Å². The molecule has 25 heavy (non-hydrogen) atoms. The molecule has 0 unspecified atom stereocenters. The number of nitrogens with zero attached hydrogens (tertiary/aromatic N) is 1. The molecule has 1 aromatic carbocycles. The standard InChI is InChI=1S/C18H18F3N3O/c1-22-10-14-5-4-12(8-15(14)18(19,20)21)13-6-7-23-16(9-13)24-17(25)11-2-3-11/h4-9,11,22H,2-3,10H2,1H3,(H,23,24,25). The quantitative estimate of drug-likeness (QED) is 0.862. The van der Waals surface area contributed by atoms with Gasteiger partial charge in [0.15, 0.2) is 0 Å². The van der Waals surface area contributed by atoms with Crippen molar-refractivity contribution in [2.75, 3.05) is 12.4 Å². The van der Waals surface area contributed by atoms with Crippen LogP contribution in [0.15, 0.2) is 36.5 Å². The second-order valence-corrected chi connectivity index (χ2v) is 6.09. The molecule has 0 radical (unpaired) electrons. The van der Waals surface area contributed by atoms with Gasteiger partial charge in [-0.25, -0.2) is 4.98 Å². The summed E-state index contributed by atoms with van der Waals surface area (Å²) in [4.78, 5) is 15.9. The van der Waals surface area contributed by atoms with E-state index >= 15 is 0 Å². The van der Waals surface area contributed by atoms with Crippen LogP contribution in [-0.2, 0) is 17.5 Å². The van der Waals surface area contributed by atoms with Crippen molar-refractivity contribution in [2.24, 2.45) is 5.92 Å². The van der Waals surface area contributed by atoms with E-state index in [0.717, 1.165) is 18.9 Å².